The Morgan fingerprint density at radius 1 is 1.44 bits per heavy atom. The van der Waals surface area contributed by atoms with Crippen molar-refractivity contribution in [3.05, 3.63) is 35.4 Å². The van der Waals surface area contributed by atoms with Gasteiger partial charge in [0.15, 0.2) is 0 Å². The zero-order valence-electron chi connectivity index (χ0n) is 5.10. The van der Waals surface area contributed by atoms with Crippen molar-refractivity contribution in [2.75, 3.05) is 0 Å². The van der Waals surface area contributed by atoms with Gasteiger partial charge in [-0.05, 0) is 24.6 Å². The number of hydrogen-bond acceptors (Lipinski definition) is 1. The van der Waals surface area contributed by atoms with Crippen LogP contribution in [0.5, 0.6) is 0 Å². The Morgan fingerprint density at radius 3 is 2.67 bits per heavy atom. The van der Waals surface area contributed by atoms with Crippen molar-refractivity contribution in [1.29, 1.82) is 5.26 Å². The number of hydrogen-bond donors (Lipinski definition) is 0. The number of nitrogens with zero attached hydrogens (tertiary/aromatic N) is 1. The largest absolute Gasteiger partial charge is 0.192 e. The molecule has 0 bridgehead atoms. The summed E-state index contributed by atoms with van der Waals surface area (Å²) in [4.78, 5) is 0. The Hall–Kier alpha value is -1.47. The van der Waals surface area contributed by atoms with Gasteiger partial charge < -0.3 is 0 Å². The summed E-state index contributed by atoms with van der Waals surface area (Å²) in [6.45, 7) is 1.91. The maximum atomic E-state index is 8.33. The molecule has 1 aromatic carbocycles. The Bertz CT molecular complexity index is 228. The minimum atomic E-state index is 0.542. The van der Waals surface area contributed by atoms with Gasteiger partial charge in [-0.3, -0.25) is 0 Å². The van der Waals surface area contributed by atoms with E-state index in [-0.39, 0.29) is 0 Å². The lowest BCUT2D eigenvalue weighted by Gasteiger charge is -1.80. The van der Waals surface area contributed by atoms with Crippen molar-refractivity contribution in [2.24, 2.45) is 0 Å². The van der Waals surface area contributed by atoms with Crippen LogP contribution in [-0.2, 0) is 0 Å². The van der Waals surface area contributed by atoms with Gasteiger partial charge in [-0.2, -0.15) is 5.26 Å². The molecule has 0 radical (unpaired) electrons. The molecular weight excluding hydrogens is 110 g/mol. The summed E-state index contributed by atoms with van der Waals surface area (Å²) in [5, 5.41) is 8.33. The van der Waals surface area contributed by atoms with Gasteiger partial charge in [-0.15, -0.1) is 0 Å². The first kappa shape index (κ1) is 5.66. The summed E-state index contributed by atoms with van der Waals surface area (Å²) in [5.74, 6) is 0. The van der Waals surface area contributed by atoms with Crippen LogP contribution in [0.1, 0.15) is 11.1 Å². The topological polar surface area (TPSA) is 23.8 Å². The molecule has 1 heteroatoms. The number of rotatable bonds is 0. The SMILES string of the molecule is Cc1c#cc(C#N)cc1. The highest BCUT2D eigenvalue weighted by Gasteiger charge is 1.82. The molecule has 0 heterocycles. The van der Waals surface area contributed by atoms with Gasteiger partial charge in [0.2, 0.25) is 0 Å². The van der Waals surface area contributed by atoms with E-state index in [2.05, 4.69) is 12.1 Å². The number of aryl methyl sites for hydroxylation is 1. The molecule has 0 amide bonds. The lowest BCUT2D eigenvalue weighted by Crippen LogP contribution is -1.69. The third-order valence-corrected chi connectivity index (χ3v) is 1.01. The molecule has 0 atom stereocenters. The van der Waals surface area contributed by atoms with Crippen LogP contribution < -0.4 is 0 Å². The number of nitriles is 1. The van der Waals surface area contributed by atoms with Crippen molar-refractivity contribution in [3.63, 3.8) is 0 Å². The van der Waals surface area contributed by atoms with Gasteiger partial charge in [-0.25, -0.2) is 0 Å². The molecule has 0 aliphatic carbocycles. The summed E-state index contributed by atoms with van der Waals surface area (Å²) in [7, 11) is 0. The summed E-state index contributed by atoms with van der Waals surface area (Å²) < 4.78 is 0. The van der Waals surface area contributed by atoms with Crippen LogP contribution in [0.4, 0.5) is 0 Å². The smallest absolute Gasteiger partial charge is 0.108 e. The molecule has 0 unspecified atom stereocenters. The molecule has 9 heavy (non-hydrogen) atoms. The van der Waals surface area contributed by atoms with Gasteiger partial charge in [-0.1, -0.05) is 12.1 Å². The van der Waals surface area contributed by atoms with Crippen LogP contribution in [0.15, 0.2) is 12.1 Å². The molecule has 1 aromatic rings. The maximum Gasteiger partial charge on any atom is 0.108 e. The molecule has 0 saturated heterocycles. The van der Waals surface area contributed by atoms with E-state index >= 15 is 0 Å². The monoisotopic (exact) mass is 115 g/mol. The third kappa shape index (κ3) is 1.21. The van der Waals surface area contributed by atoms with Gasteiger partial charge in [0.1, 0.15) is 11.6 Å². The molecule has 0 N–H and O–H groups in total. The minimum absolute atomic E-state index is 0.542. The third-order valence-electron chi connectivity index (χ3n) is 1.01. The molecule has 42 valence electrons. The Balaban J connectivity index is 3.06. The summed E-state index contributed by atoms with van der Waals surface area (Å²) in [6, 6.07) is 11.0. The maximum absolute atomic E-state index is 8.33. The molecule has 1 rings (SSSR count). The van der Waals surface area contributed by atoms with Crippen LogP contribution in [-0.4, -0.2) is 0 Å². The zero-order chi connectivity index (χ0) is 6.69. The van der Waals surface area contributed by atoms with Gasteiger partial charge in [0.25, 0.3) is 0 Å². The van der Waals surface area contributed by atoms with Crippen LogP contribution in [0.2, 0.25) is 0 Å². The van der Waals surface area contributed by atoms with E-state index in [9.17, 15) is 0 Å². The van der Waals surface area contributed by atoms with Crippen molar-refractivity contribution in [3.8, 4) is 6.07 Å². The average molecular weight is 115 g/mol. The highest BCUT2D eigenvalue weighted by atomic mass is 14.2. The average Bonchev–Trinajstić information content (AvgIpc) is 1.90. The van der Waals surface area contributed by atoms with Crippen molar-refractivity contribution < 1.29 is 0 Å². The molecule has 0 aromatic heterocycles. The van der Waals surface area contributed by atoms with E-state index < -0.39 is 0 Å². The standard InChI is InChI=1S/C8H5N/c1-7-2-4-8(6-9)5-3-7/h2,4H,1H3. The fourth-order valence-corrected chi connectivity index (χ4v) is 0.523. The zero-order valence-corrected chi connectivity index (χ0v) is 5.10. The fraction of sp³-hybridized carbons (Fsp3) is 0.125. The van der Waals surface area contributed by atoms with Gasteiger partial charge >= 0.3 is 0 Å². The normalized spacial score (nSPS) is 7.56. The highest BCUT2D eigenvalue weighted by Crippen LogP contribution is 1.93. The molecule has 0 spiro atoms. The van der Waals surface area contributed by atoms with E-state index in [1.807, 2.05) is 19.1 Å². The van der Waals surface area contributed by atoms with Crippen molar-refractivity contribution in [1.82, 2.24) is 0 Å². The summed E-state index contributed by atoms with van der Waals surface area (Å²) >= 11 is 0. The quantitative estimate of drug-likeness (QED) is 0.502. The summed E-state index contributed by atoms with van der Waals surface area (Å²) in [5.41, 5.74) is 1.55. The van der Waals surface area contributed by atoms with E-state index in [1.54, 1.807) is 6.07 Å². The summed E-state index contributed by atoms with van der Waals surface area (Å²) in [6.07, 6.45) is 0. The van der Waals surface area contributed by atoms with E-state index in [0.29, 0.717) is 5.56 Å². The molecular formula is C8H5N. The Morgan fingerprint density at radius 2 is 2.22 bits per heavy atom. The molecule has 1 nitrogen and oxygen atoms in total. The Kier molecular flexibility index (Phi) is 1.38. The lowest BCUT2D eigenvalue weighted by atomic mass is 10.2. The second kappa shape index (κ2) is 2.20. The van der Waals surface area contributed by atoms with Crippen molar-refractivity contribution in [2.45, 2.75) is 6.92 Å². The fourth-order valence-electron chi connectivity index (χ4n) is 0.523. The Labute approximate surface area is 54.6 Å². The molecule has 0 aliphatic rings. The van der Waals surface area contributed by atoms with Crippen LogP contribution in [0.3, 0.4) is 0 Å². The first-order chi connectivity index (χ1) is 4.33. The molecule has 0 fully saturated rings. The lowest BCUT2D eigenvalue weighted by molar-refractivity contribution is 1.45. The second-order valence-electron chi connectivity index (χ2n) is 1.79. The first-order valence-corrected chi connectivity index (χ1v) is 2.63. The predicted octanol–water partition coefficient (Wildman–Crippen LogP) is 1.47. The minimum Gasteiger partial charge on any atom is -0.192 e. The van der Waals surface area contributed by atoms with Crippen LogP contribution in [0.25, 0.3) is 0 Å². The molecule has 0 saturated carbocycles. The van der Waals surface area contributed by atoms with Gasteiger partial charge in [0.05, 0.1) is 0 Å². The van der Waals surface area contributed by atoms with Crippen LogP contribution in [0, 0.1) is 30.4 Å². The van der Waals surface area contributed by atoms with E-state index in [4.69, 9.17) is 5.26 Å². The van der Waals surface area contributed by atoms with Crippen molar-refractivity contribution >= 4 is 0 Å². The van der Waals surface area contributed by atoms with Gasteiger partial charge in [0, 0.05) is 0 Å². The molecule has 0 aliphatic heterocycles. The predicted molar refractivity (Wildman–Crippen MR) is 33.6 cm³/mol. The second-order valence-corrected chi connectivity index (χ2v) is 1.79. The highest BCUT2D eigenvalue weighted by molar-refractivity contribution is 5.25. The van der Waals surface area contributed by atoms with E-state index in [0.717, 1.165) is 5.56 Å². The van der Waals surface area contributed by atoms with Crippen LogP contribution >= 0.6 is 0 Å². The van der Waals surface area contributed by atoms with E-state index in [1.165, 1.54) is 0 Å². The first-order valence-electron chi connectivity index (χ1n) is 2.63.